The van der Waals surface area contributed by atoms with Crippen LogP contribution in [0.4, 0.5) is 5.69 Å². The van der Waals surface area contributed by atoms with Gasteiger partial charge in [-0.3, -0.25) is 14.9 Å². The average Bonchev–Trinajstić information content (AvgIpc) is 2.65. The number of methoxy groups -OCH3 is 1. The van der Waals surface area contributed by atoms with Crippen molar-refractivity contribution in [3.63, 3.8) is 0 Å². The maximum Gasteiger partial charge on any atom is 0.338 e. The summed E-state index contributed by atoms with van der Waals surface area (Å²) in [6.45, 7) is 1.24. The van der Waals surface area contributed by atoms with Crippen molar-refractivity contribution in [1.82, 2.24) is 5.32 Å². The second-order valence-corrected chi connectivity index (χ2v) is 6.00. The molecule has 1 N–H and O–H groups in total. The standard InChI is InChI=1S/C18H17ClN2O6/c1-11(12-4-3-5-14(19)8-12)20-17(22)10-27-18(23)13-6-7-16(26-2)15(9-13)21(24)25/h3-9,11H,10H2,1-2H3,(H,20,22)/t11-/m0/s1. The van der Waals surface area contributed by atoms with Crippen molar-refractivity contribution in [2.45, 2.75) is 13.0 Å². The van der Waals surface area contributed by atoms with Gasteiger partial charge in [0.1, 0.15) is 0 Å². The Hall–Kier alpha value is -3.13. The van der Waals surface area contributed by atoms with E-state index in [1.54, 1.807) is 31.2 Å². The van der Waals surface area contributed by atoms with Gasteiger partial charge in [0.15, 0.2) is 12.4 Å². The molecule has 142 valence electrons. The van der Waals surface area contributed by atoms with Gasteiger partial charge in [0, 0.05) is 11.1 Å². The van der Waals surface area contributed by atoms with Crippen LogP contribution in [0.1, 0.15) is 28.9 Å². The zero-order valence-corrected chi connectivity index (χ0v) is 15.4. The minimum atomic E-state index is -0.855. The lowest BCUT2D eigenvalue weighted by molar-refractivity contribution is -0.385. The molecule has 9 heteroatoms. The largest absolute Gasteiger partial charge is 0.490 e. The van der Waals surface area contributed by atoms with Crippen LogP contribution in [-0.4, -0.2) is 30.5 Å². The smallest absolute Gasteiger partial charge is 0.338 e. The van der Waals surface area contributed by atoms with E-state index in [0.717, 1.165) is 11.6 Å². The number of nitrogens with one attached hydrogen (secondary N) is 1. The fourth-order valence-electron chi connectivity index (χ4n) is 2.32. The molecule has 1 atom stereocenters. The minimum absolute atomic E-state index is 0.0182. The molecule has 2 rings (SSSR count). The van der Waals surface area contributed by atoms with Crippen LogP contribution in [0.2, 0.25) is 5.02 Å². The molecule has 0 aliphatic heterocycles. The van der Waals surface area contributed by atoms with Crippen molar-refractivity contribution >= 4 is 29.2 Å². The van der Waals surface area contributed by atoms with Crippen LogP contribution in [0.25, 0.3) is 0 Å². The first kappa shape index (κ1) is 20.2. The van der Waals surface area contributed by atoms with Crippen molar-refractivity contribution in [2.24, 2.45) is 0 Å². The van der Waals surface area contributed by atoms with Gasteiger partial charge in [-0.1, -0.05) is 23.7 Å². The fourth-order valence-corrected chi connectivity index (χ4v) is 2.52. The van der Waals surface area contributed by atoms with E-state index in [2.05, 4.69) is 5.32 Å². The summed E-state index contributed by atoms with van der Waals surface area (Å²) in [5, 5.41) is 14.2. The first-order valence-corrected chi connectivity index (χ1v) is 8.24. The highest BCUT2D eigenvalue weighted by Gasteiger charge is 2.20. The highest BCUT2D eigenvalue weighted by atomic mass is 35.5. The Balaban J connectivity index is 1.96. The molecule has 0 saturated carbocycles. The lowest BCUT2D eigenvalue weighted by Crippen LogP contribution is -2.31. The summed E-state index contributed by atoms with van der Waals surface area (Å²) in [5.74, 6) is -1.35. The molecule has 0 heterocycles. The third-order valence-corrected chi connectivity index (χ3v) is 3.91. The Bertz CT molecular complexity index is 871. The highest BCUT2D eigenvalue weighted by Crippen LogP contribution is 2.27. The molecular weight excluding hydrogens is 376 g/mol. The average molecular weight is 393 g/mol. The first-order chi connectivity index (χ1) is 12.8. The first-order valence-electron chi connectivity index (χ1n) is 7.86. The normalized spacial score (nSPS) is 11.4. The molecule has 0 unspecified atom stereocenters. The number of carbonyl (C=O) groups is 2. The van der Waals surface area contributed by atoms with E-state index >= 15 is 0 Å². The van der Waals surface area contributed by atoms with Crippen LogP contribution in [0.3, 0.4) is 0 Å². The summed E-state index contributed by atoms with van der Waals surface area (Å²) >= 11 is 5.91. The SMILES string of the molecule is COc1ccc(C(=O)OCC(=O)N[C@@H](C)c2cccc(Cl)c2)cc1[N+](=O)[O-]. The summed E-state index contributed by atoms with van der Waals surface area (Å²) in [4.78, 5) is 34.3. The maximum absolute atomic E-state index is 12.0. The predicted octanol–water partition coefficient (Wildman–Crippen LogP) is 3.29. The molecule has 27 heavy (non-hydrogen) atoms. The molecule has 0 bridgehead atoms. The number of ether oxygens (including phenoxy) is 2. The molecule has 1 amide bonds. The number of halogens is 1. The van der Waals surface area contributed by atoms with Crippen LogP contribution in [-0.2, 0) is 9.53 Å². The quantitative estimate of drug-likeness (QED) is 0.440. The van der Waals surface area contributed by atoms with E-state index < -0.39 is 23.4 Å². The van der Waals surface area contributed by atoms with Gasteiger partial charge in [0.05, 0.1) is 23.6 Å². The number of carbonyl (C=O) groups excluding carboxylic acids is 2. The number of benzene rings is 2. The van der Waals surface area contributed by atoms with Gasteiger partial charge in [-0.2, -0.15) is 0 Å². The molecule has 2 aromatic rings. The molecule has 0 aliphatic rings. The van der Waals surface area contributed by atoms with Gasteiger partial charge in [-0.25, -0.2) is 4.79 Å². The van der Waals surface area contributed by atoms with Crippen LogP contribution in [0.15, 0.2) is 42.5 Å². The Morgan fingerprint density at radius 1 is 1.26 bits per heavy atom. The Labute approximate surface area is 160 Å². The van der Waals surface area contributed by atoms with Gasteiger partial charge in [0.2, 0.25) is 0 Å². The summed E-state index contributed by atoms with van der Waals surface area (Å²) < 4.78 is 9.78. The zero-order valence-electron chi connectivity index (χ0n) is 14.6. The number of amides is 1. The van der Waals surface area contributed by atoms with E-state index in [9.17, 15) is 19.7 Å². The van der Waals surface area contributed by atoms with Crippen LogP contribution < -0.4 is 10.1 Å². The molecule has 0 spiro atoms. The maximum atomic E-state index is 12.0. The number of hydrogen-bond acceptors (Lipinski definition) is 6. The van der Waals surface area contributed by atoms with Crippen LogP contribution in [0, 0.1) is 10.1 Å². The van der Waals surface area contributed by atoms with Crippen molar-refractivity contribution in [3.8, 4) is 5.75 Å². The van der Waals surface area contributed by atoms with Gasteiger partial charge in [0.25, 0.3) is 5.91 Å². The Morgan fingerprint density at radius 2 is 2.00 bits per heavy atom. The summed E-state index contributed by atoms with van der Waals surface area (Å²) in [5.41, 5.74) is 0.372. The number of rotatable bonds is 7. The molecule has 0 aromatic heterocycles. The van der Waals surface area contributed by atoms with Crippen LogP contribution >= 0.6 is 11.6 Å². The molecule has 0 fully saturated rings. The number of nitro groups is 1. The lowest BCUT2D eigenvalue weighted by atomic mass is 10.1. The van der Waals surface area contributed by atoms with Gasteiger partial charge in [-0.05, 0) is 36.8 Å². The van der Waals surface area contributed by atoms with Crippen LogP contribution in [0.5, 0.6) is 5.75 Å². The molecule has 0 radical (unpaired) electrons. The highest BCUT2D eigenvalue weighted by molar-refractivity contribution is 6.30. The third kappa shape index (κ3) is 5.42. The Morgan fingerprint density at radius 3 is 2.63 bits per heavy atom. The van der Waals surface area contributed by atoms with Crippen molar-refractivity contribution in [1.29, 1.82) is 0 Å². The number of nitrogens with zero attached hydrogens (tertiary/aromatic N) is 1. The van der Waals surface area contributed by atoms with Gasteiger partial charge >= 0.3 is 11.7 Å². The van der Waals surface area contributed by atoms with Crippen molar-refractivity contribution in [3.05, 3.63) is 68.7 Å². The van der Waals surface area contributed by atoms with Gasteiger partial charge in [-0.15, -0.1) is 0 Å². The minimum Gasteiger partial charge on any atom is -0.490 e. The number of esters is 1. The van der Waals surface area contributed by atoms with E-state index in [0.29, 0.717) is 5.02 Å². The molecule has 8 nitrogen and oxygen atoms in total. The predicted molar refractivity (Wildman–Crippen MR) is 97.9 cm³/mol. The molecular formula is C18H17ClN2O6. The molecule has 0 saturated heterocycles. The van der Waals surface area contributed by atoms with Gasteiger partial charge < -0.3 is 14.8 Å². The second-order valence-electron chi connectivity index (χ2n) is 5.56. The van der Waals surface area contributed by atoms with E-state index in [1.165, 1.54) is 19.2 Å². The monoisotopic (exact) mass is 392 g/mol. The van der Waals surface area contributed by atoms with E-state index in [1.807, 2.05) is 0 Å². The van der Waals surface area contributed by atoms with Crippen molar-refractivity contribution < 1.29 is 24.0 Å². The topological polar surface area (TPSA) is 108 Å². The van der Waals surface area contributed by atoms with Crippen molar-refractivity contribution in [2.75, 3.05) is 13.7 Å². The zero-order chi connectivity index (χ0) is 20.0. The fraction of sp³-hybridized carbons (Fsp3) is 0.222. The summed E-state index contributed by atoms with van der Waals surface area (Å²) in [6.07, 6.45) is 0. The number of nitro benzene ring substituents is 1. The Kier molecular flexibility index (Phi) is 6.73. The molecule has 0 aliphatic carbocycles. The van der Waals surface area contributed by atoms with E-state index in [4.69, 9.17) is 21.1 Å². The van der Waals surface area contributed by atoms with E-state index in [-0.39, 0.29) is 23.0 Å². The third-order valence-electron chi connectivity index (χ3n) is 3.67. The lowest BCUT2D eigenvalue weighted by Gasteiger charge is -2.14. The summed E-state index contributed by atoms with van der Waals surface area (Å²) in [6, 6.07) is 10.3. The number of hydrogen-bond donors (Lipinski definition) is 1. The second kappa shape index (κ2) is 9.00. The molecule has 2 aromatic carbocycles. The summed E-state index contributed by atoms with van der Waals surface area (Å²) in [7, 11) is 1.28.